The summed E-state index contributed by atoms with van der Waals surface area (Å²) in [5, 5.41) is 10.7. The molecule has 0 radical (unpaired) electrons. The number of hydrogen-bond acceptors (Lipinski definition) is 2. The van der Waals surface area contributed by atoms with Crippen LogP contribution in [0.2, 0.25) is 0 Å². The molecule has 0 amide bonds. The second kappa shape index (κ2) is 9.03. The SMILES string of the molecule is CCCCCCC/C=C(C)/C(C)=C(\C)C(=O)[O-]. The van der Waals surface area contributed by atoms with Crippen molar-refractivity contribution in [2.75, 3.05) is 0 Å². The smallest absolute Gasteiger partial charge is 0.0674 e. The molecule has 0 saturated carbocycles. The van der Waals surface area contributed by atoms with Crippen LogP contribution in [0, 0.1) is 0 Å². The Morgan fingerprint density at radius 3 is 2.12 bits per heavy atom. The van der Waals surface area contributed by atoms with E-state index in [-0.39, 0.29) is 0 Å². The quantitative estimate of drug-likeness (QED) is 0.369. The van der Waals surface area contributed by atoms with Gasteiger partial charge in [0, 0.05) is 0 Å². The lowest BCUT2D eigenvalue weighted by Gasteiger charge is -2.09. The van der Waals surface area contributed by atoms with Crippen molar-refractivity contribution in [2.24, 2.45) is 0 Å². The van der Waals surface area contributed by atoms with Gasteiger partial charge in [0.25, 0.3) is 0 Å². The van der Waals surface area contributed by atoms with E-state index in [1.807, 2.05) is 13.8 Å². The average Bonchev–Trinajstić information content (AvgIpc) is 2.31. The summed E-state index contributed by atoms with van der Waals surface area (Å²) in [6.07, 6.45) is 9.50. The Bertz CT molecular complexity index is 298. The Labute approximate surface area is 105 Å². The minimum Gasteiger partial charge on any atom is -0.545 e. The highest BCUT2D eigenvalue weighted by molar-refractivity contribution is 5.85. The molecule has 2 heteroatoms. The van der Waals surface area contributed by atoms with E-state index in [0.29, 0.717) is 5.57 Å². The number of hydrogen-bond donors (Lipinski definition) is 0. The highest BCUT2D eigenvalue weighted by Gasteiger charge is 1.99. The van der Waals surface area contributed by atoms with Gasteiger partial charge in [0.05, 0.1) is 5.97 Å². The zero-order valence-electron chi connectivity index (χ0n) is 11.6. The van der Waals surface area contributed by atoms with E-state index < -0.39 is 5.97 Å². The molecule has 2 nitrogen and oxygen atoms in total. The zero-order valence-corrected chi connectivity index (χ0v) is 11.6. The van der Waals surface area contributed by atoms with Crippen LogP contribution in [0.3, 0.4) is 0 Å². The molecule has 0 heterocycles. The van der Waals surface area contributed by atoms with Crippen molar-refractivity contribution in [3.05, 3.63) is 22.8 Å². The molecule has 0 bridgehead atoms. The fourth-order valence-electron chi connectivity index (χ4n) is 1.67. The number of carbonyl (C=O) groups is 1. The number of carboxylic acid groups (broad SMARTS) is 1. The van der Waals surface area contributed by atoms with E-state index in [4.69, 9.17) is 0 Å². The van der Waals surface area contributed by atoms with Gasteiger partial charge in [-0.15, -0.1) is 0 Å². The maximum Gasteiger partial charge on any atom is 0.0674 e. The van der Waals surface area contributed by atoms with Crippen molar-refractivity contribution in [1.29, 1.82) is 0 Å². The third-order valence-corrected chi connectivity index (χ3v) is 3.22. The lowest BCUT2D eigenvalue weighted by Crippen LogP contribution is -2.24. The largest absolute Gasteiger partial charge is 0.545 e. The van der Waals surface area contributed by atoms with Crippen molar-refractivity contribution in [1.82, 2.24) is 0 Å². The number of carbonyl (C=O) groups excluding carboxylic acids is 1. The van der Waals surface area contributed by atoms with Gasteiger partial charge in [-0.2, -0.15) is 0 Å². The van der Waals surface area contributed by atoms with Gasteiger partial charge in [0.2, 0.25) is 0 Å². The summed E-state index contributed by atoms with van der Waals surface area (Å²) in [6, 6.07) is 0. The minimum atomic E-state index is -1.07. The van der Waals surface area contributed by atoms with Crippen LogP contribution in [-0.2, 0) is 4.79 Å². The molecule has 0 aromatic carbocycles. The lowest BCUT2D eigenvalue weighted by atomic mass is 10.0. The van der Waals surface area contributed by atoms with Crippen LogP contribution in [0.25, 0.3) is 0 Å². The van der Waals surface area contributed by atoms with Gasteiger partial charge in [-0.25, -0.2) is 0 Å². The van der Waals surface area contributed by atoms with Gasteiger partial charge < -0.3 is 9.90 Å². The molecule has 0 rings (SSSR count). The van der Waals surface area contributed by atoms with E-state index in [9.17, 15) is 9.90 Å². The van der Waals surface area contributed by atoms with Crippen LogP contribution in [0.5, 0.6) is 0 Å². The molecule has 98 valence electrons. The molecule has 0 fully saturated rings. The molecular weight excluding hydrogens is 212 g/mol. The fourth-order valence-corrected chi connectivity index (χ4v) is 1.67. The summed E-state index contributed by atoms with van der Waals surface area (Å²) >= 11 is 0. The first-order valence-corrected chi connectivity index (χ1v) is 6.56. The minimum absolute atomic E-state index is 0.338. The highest BCUT2D eigenvalue weighted by atomic mass is 16.4. The average molecular weight is 237 g/mol. The Kier molecular flexibility index (Phi) is 8.47. The molecule has 0 N–H and O–H groups in total. The van der Waals surface area contributed by atoms with Gasteiger partial charge in [-0.05, 0) is 44.8 Å². The van der Waals surface area contributed by atoms with E-state index in [0.717, 1.165) is 17.6 Å². The van der Waals surface area contributed by atoms with Gasteiger partial charge in [0.15, 0.2) is 0 Å². The van der Waals surface area contributed by atoms with Crippen LogP contribution < -0.4 is 5.11 Å². The summed E-state index contributed by atoms with van der Waals surface area (Å²) in [5.74, 6) is -1.07. The standard InChI is InChI=1S/C15H26O2/c1-5-6-7-8-9-10-11-12(2)13(3)14(4)15(16)17/h11H,5-10H2,1-4H3,(H,16,17)/p-1/b12-11+,14-13+. The topological polar surface area (TPSA) is 40.1 Å². The van der Waals surface area contributed by atoms with E-state index in [2.05, 4.69) is 13.0 Å². The molecule has 17 heavy (non-hydrogen) atoms. The summed E-state index contributed by atoms with van der Waals surface area (Å²) < 4.78 is 0. The summed E-state index contributed by atoms with van der Waals surface area (Å²) in [5.41, 5.74) is 2.23. The summed E-state index contributed by atoms with van der Waals surface area (Å²) in [7, 11) is 0. The third-order valence-electron chi connectivity index (χ3n) is 3.22. The van der Waals surface area contributed by atoms with Crippen molar-refractivity contribution in [3.8, 4) is 0 Å². The van der Waals surface area contributed by atoms with E-state index in [1.54, 1.807) is 6.92 Å². The number of aliphatic carboxylic acids is 1. The van der Waals surface area contributed by atoms with Gasteiger partial charge in [0.1, 0.15) is 0 Å². The van der Waals surface area contributed by atoms with Crippen LogP contribution >= 0.6 is 0 Å². The number of unbranched alkanes of at least 4 members (excludes halogenated alkanes) is 5. The predicted molar refractivity (Wildman–Crippen MR) is 70.5 cm³/mol. The van der Waals surface area contributed by atoms with Crippen molar-refractivity contribution in [2.45, 2.75) is 66.2 Å². The monoisotopic (exact) mass is 237 g/mol. The summed E-state index contributed by atoms with van der Waals surface area (Å²) in [6.45, 7) is 7.62. The van der Waals surface area contributed by atoms with Crippen molar-refractivity contribution < 1.29 is 9.90 Å². The Balaban J connectivity index is 4.09. The molecule has 0 atom stereocenters. The second-order valence-electron chi connectivity index (χ2n) is 4.63. The van der Waals surface area contributed by atoms with Gasteiger partial charge in [-0.1, -0.05) is 44.3 Å². The third kappa shape index (κ3) is 6.98. The normalized spacial score (nSPS) is 13.5. The Hall–Kier alpha value is -1.05. The molecule has 0 spiro atoms. The lowest BCUT2D eigenvalue weighted by molar-refractivity contribution is -0.299. The molecule has 0 aliphatic heterocycles. The van der Waals surface area contributed by atoms with Crippen LogP contribution in [0.15, 0.2) is 22.8 Å². The molecule has 0 aromatic heterocycles. The van der Waals surface area contributed by atoms with E-state index >= 15 is 0 Å². The summed E-state index contributed by atoms with van der Waals surface area (Å²) in [4.78, 5) is 10.7. The number of rotatable bonds is 8. The Morgan fingerprint density at radius 1 is 1.00 bits per heavy atom. The van der Waals surface area contributed by atoms with E-state index in [1.165, 1.54) is 32.1 Å². The maximum absolute atomic E-state index is 10.7. The zero-order chi connectivity index (χ0) is 13.3. The first kappa shape index (κ1) is 16.0. The van der Waals surface area contributed by atoms with Crippen molar-refractivity contribution in [3.63, 3.8) is 0 Å². The van der Waals surface area contributed by atoms with Crippen LogP contribution in [-0.4, -0.2) is 5.97 Å². The molecule has 0 aliphatic rings. The first-order valence-electron chi connectivity index (χ1n) is 6.56. The first-order chi connectivity index (χ1) is 8.00. The predicted octanol–water partition coefficient (Wildman–Crippen LogP) is 3.38. The van der Waals surface area contributed by atoms with Gasteiger partial charge in [-0.3, -0.25) is 0 Å². The fraction of sp³-hybridized carbons (Fsp3) is 0.667. The number of allylic oxidation sites excluding steroid dienone is 3. The second-order valence-corrected chi connectivity index (χ2v) is 4.63. The molecule has 0 unspecified atom stereocenters. The maximum atomic E-state index is 10.7. The highest BCUT2D eigenvalue weighted by Crippen LogP contribution is 2.15. The Morgan fingerprint density at radius 2 is 1.59 bits per heavy atom. The van der Waals surface area contributed by atoms with Gasteiger partial charge >= 0.3 is 0 Å². The molecule has 0 aliphatic carbocycles. The molecule has 0 aromatic rings. The number of carboxylic acids is 1. The van der Waals surface area contributed by atoms with Crippen molar-refractivity contribution >= 4 is 5.97 Å². The van der Waals surface area contributed by atoms with Crippen LogP contribution in [0.4, 0.5) is 0 Å². The molecule has 0 saturated heterocycles. The molecular formula is C15H25O2-. The van der Waals surface area contributed by atoms with Crippen LogP contribution in [0.1, 0.15) is 66.2 Å².